The topological polar surface area (TPSA) is 122 Å². The number of amides is 1. The molecule has 160 valence electrons. The number of methoxy groups -OCH3 is 1. The van der Waals surface area contributed by atoms with Crippen LogP contribution >= 0.6 is 0 Å². The number of nitrogens with one attached hydrogen (secondary N) is 2. The number of aryl methyl sites for hydroxylation is 2. The fourth-order valence-corrected chi connectivity index (χ4v) is 2.85. The Morgan fingerprint density at radius 2 is 1.97 bits per heavy atom. The number of hydrogen-bond donors (Lipinski definition) is 3. The molecule has 0 aliphatic rings. The number of rotatable bonds is 10. The highest BCUT2D eigenvalue weighted by atomic mass is 16.6. The smallest absolute Gasteiger partial charge is 0.425 e. The molecule has 0 radical (unpaired) electrons. The molecular weight excluding hydrogens is 388 g/mol. The first-order valence-electron chi connectivity index (χ1n) is 9.39. The average molecular weight is 414 g/mol. The Hall–Kier alpha value is -3.62. The Kier molecular flexibility index (Phi) is 8.61. The molecule has 9 heteroatoms. The molecule has 0 saturated carbocycles. The van der Waals surface area contributed by atoms with E-state index in [1.807, 2.05) is 25.1 Å². The largest absolute Gasteiger partial charge is 0.481 e. The second kappa shape index (κ2) is 11.4. The molecule has 0 aliphatic carbocycles. The Labute approximate surface area is 175 Å². The van der Waals surface area contributed by atoms with Gasteiger partial charge >= 0.3 is 12.1 Å². The number of hydrazine groups is 1. The Balaban J connectivity index is 2.21. The van der Waals surface area contributed by atoms with E-state index in [4.69, 9.17) is 9.94 Å². The number of benzene rings is 1. The van der Waals surface area contributed by atoms with Crippen LogP contribution in [0, 0.1) is 6.92 Å². The van der Waals surface area contributed by atoms with E-state index in [0.29, 0.717) is 24.9 Å². The summed E-state index contributed by atoms with van der Waals surface area (Å²) in [6, 6.07) is 9.60. The van der Waals surface area contributed by atoms with Gasteiger partial charge in [-0.1, -0.05) is 23.4 Å². The number of pyridine rings is 1. The van der Waals surface area contributed by atoms with Gasteiger partial charge in [0.15, 0.2) is 0 Å². The van der Waals surface area contributed by atoms with E-state index in [0.717, 1.165) is 28.1 Å². The zero-order valence-corrected chi connectivity index (χ0v) is 17.3. The molecule has 0 fully saturated rings. The predicted molar refractivity (Wildman–Crippen MR) is 113 cm³/mol. The molecule has 3 N–H and O–H groups in total. The predicted octanol–water partition coefficient (Wildman–Crippen LogP) is 3.05. The number of nitrogens with zero attached hydrogens (tertiary/aromatic N) is 2. The lowest BCUT2D eigenvalue weighted by Crippen LogP contribution is -2.29. The van der Waals surface area contributed by atoms with Crippen molar-refractivity contribution >= 4 is 24.0 Å². The highest BCUT2D eigenvalue weighted by Crippen LogP contribution is 2.18. The van der Waals surface area contributed by atoms with E-state index in [1.165, 1.54) is 14.2 Å². The van der Waals surface area contributed by atoms with Crippen molar-refractivity contribution in [2.75, 3.05) is 19.6 Å². The summed E-state index contributed by atoms with van der Waals surface area (Å²) in [4.78, 5) is 31.5. The first-order chi connectivity index (χ1) is 14.4. The summed E-state index contributed by atoms with van der Waals surface area (Å²) in [6.45, 7) is 1.99. The van der Waals surface area contributed by atoms with Gasteiger partial charge in [-0.2, -0.15) is 0 Å². The van der Waals surface area contributed by atoms with Crippen LogP contribution in [0.4, 0.5) is 10.5 Å². The van der Waals surface area contributed by atoms with Crippen molar-refractivity contribution < 1.29 is 24.3 Å². The van der Waals surface area contributed by atoms with Crippen molar-refractivity contribution in [3.8, 4) is 0 Å². The number of oxime groups is 1. The lowest BCUT2D eigenvalue weighted by atomic mass is 10.0. The van der Waals surface area contributed by atoms with E-state index >= 15 is 0 Å². The quantitative estimate of drug-likeness (QED) is 0.403. The summed E-state index contributed by atoms with van der Waals surface area (Å²) >= 11 is 0. The van der Waals surface area contributed by atoms with Gasteiger partial charge in [-0.25, -0.2) is 10.2 Å². The van der Waals surface area contributed by atoms with E-state index in [-0.39, 0.29) is 6.42 Å². The number of carbonyl (C=O) groups excluding carboxylic acids is 1. The highest BCUT2D eigenvalue weighted by molar-refractivity contribution is 5.81. The second-order valence-corrected chi connectivity index (χ2v) is 6.61. The Bertz CT molecular complexity index is 914. The number of aliphatic carboxylic acids is 1. The standard InChI is InChI=1S/C21H26N4O5/c1-14-9-15(7-8-16(14)13-22-30-3)10-18-12-19(24-25-21(28)29-2)11-17(23-18)5-4-6-20(26)27/h7-9,11-13H,4-6,10H2,1-3H3,(H,23,24)(H,25,28)(H,26,27)/b22-13+. The van der Waals surface area contributed by atoms with Crippen LogP contribution in [-0.2, 0) is 27.2 Å². The lowest BCUT2D eigenvalue weighted by Gasteiger charge is -2.12. The SMILES string of the molecule is CO/N=C/c1ccc(Cc2cc(NNC(=O)OC)cc(CCCC(=O)O)n2)cc1C. The van der Waals surface area contributed by atoms with Gasteiger partial charge in [-0.15, -0.1) is 0 Å². The number of carboxylic acid groups (broad SMARTS) is 1. The number of aromatic nitrogens is 1. The van der Waals surface area contributed by atoms with Crippen LogP contribution in [0.3, 0.4) is 0 Å². The van der Waals surface area contributed by atoms with E-state index in [2.05, 4.69) is 31.8 Å². The third kappa shape index (κ3) is 7.42. The van der Waals surface area contributed by atoms with Gasteiger partial charge in [-0.3, -0.25) is 15.2 Å². The van der Waals surface area contributed by atoms with Gasteiger partial charge < -0.3 is 14.7 Å². The van der Waals surface area contributed by atoms with Crippen LogP contribution in [0.25, 0.3) is 0 Å². The van der Waals surface area contributed by atoms with Gasteiger partial charge in [0, 0.05) is 24.2 Å². The summed E-state index contributed by atoms with van der Waals surface area (Å²) in [5.74, 6) is -0.843. The minimum Gasteiger partial charge on any atom is -0.481 e. The number of carboxylic acids is 1. The van der Waals surface area contributed by atoms with E-state index in [1.54, 1.807) is 12.3 Å². The Morgan fingerprint density at radius 3 is 2.63 bits per heavy atom. The number of ether oxygens (including phenoxy) is 1. The minimum atomic E-state index is -0.843. The van der Waals surface area contributed by atoms with Crippen molar-refractivity contribution in [1.29, 1.82) is 0 Å². The maximum absolute atomic E-state index is 11.3. The third-order valence-electron chi connectivity index (χ3n) is 4.27. The molecule has 0 unspecified atom stereocenters. The average Bonchev–Trinajstić information content (AvgIpc) is 2.71. The van der Waals surface area contributed by atoms with Crippen molar-refractivity contribution in [2.45, 2.75) is 32.6 Å². The first-order valence-corrected chi connectivity index (χ1v) is 9.39. The summed E-state index contributed by atoms with van der Waals surface area (Å²) in [6.07, 6.45) is 2.66. The molecule has 0 bridgehead atoms. The highest BCUT2D eigenvalue weighted by Gasteiger charge is 2.08. The maximum atomic E-state index is 11.3. The minimum absolute atomic E-state index is 0.0682. The van der Waals surface area contributed by atoms with Crippen LogP contribution in [-0.4, -0.2) is 42.6 Å². The van der Waals surface area contributed by atoms with Crippen LogP contribution in [0.15, 0.2) is 35.5 Å². The van der Waals surface area contributed by atoms with Crippen molar-refractivity contribution in [3.05, 3.63) is 58.4 Å². The fraction of sp³-hybridized carbons (Fsp3) is 0.333. The third-order valence-corrected chi connectivity index (χ3v) is 4.27. The number of hydrogen-bond acceptors (Lipinski definition) is 7. The molecule has 9 nitrogen and oxygen atoms in total. The fourth-order valence-electron chi connectivity index (χ4n) is 2.85. The molecule has 1 aromatic carbocycles. The maximum Gasteiger partial charge on any atom is 0.425 e. The molecule has 0 spiro atoms. The molecule has 1 heterocycles. The van der Waals surface area contributed by atoms with Crippen molar-refractivity contribution in [1.82, 2.24) is 10.4 Å². The van der Waals surface area contributed by atoms with Crippen LogP contribution < -0.4 is 10.9 Å². The first kappa shape index (κ1) is 22.7. The summed E-state index contributed by atoms with van der Waals surface area (Å²) in [5, 5.41) is 12.6. The molecule has 30 heavy (non-hydrogen) atoms. The number of carbonyl (C=O) groups is 2. The summed E-state index contributed by atoms with van der Waals surface area (Å²) in [7, 11) is 2.77. The zero-order chi connectivity index (χ0) is 21.9. The molecule has 1 aromatic heterocycles. The zero-order valence-electron chi connectivity index (χ0n) is 17.3. The molecule has 2 rings (SSSR count). The van der Waals surface area contributed by atoms with Gasteiger partial charge in [0.1, 0.15) is 7.11 Å². The second-order valence-electron chi connectivity index (χ2n) is 6.61. The molecule has 2 aromatic rings. The summed E-state index contributed by atoms with van der Waals surface area (Å²) < 4.78 is 4.56. The van der Waals surface area contributed by atoms with Gasteiger partial charge in [0.05, 0.1) is 19.0 Å². The normalized spacial score (nSPS) is 10.6. The summed E-state index contributed by atoms with van der Waals surface area (Å²) in [5.41, 5.74) is 10.4. The number of anilines is 1. The van der Waals surface area contributed by atoms with Gasteiger partial charge in [0.2, 0.25) is 0 Å². The monoisotopic (exact) mass is 414 g/mol. The van der Waals surface area contributed by atoms with E-state index in [9.17, 15) is 9.59 Å². The van der Waals surface area contributed by atoms with Gasteiger partial charge in [0.25, 0.3) is 0 Å². The molecule has 1 amide bonds. The van der Waals surface area contributed by atoms with Crippen LogP contribution in [0.1, 0.15) is 40.9 Å². The Morgan fingerprint density at radius 1 is 1.20 bits per heavy atom. The van der Waals surface area contributed by atoms with Crippen LogP contribution in [0.5, 0.6) is 0 Å². The van der Waals surface area contributed by atoms with Gasteiger partial charge in [-0.05, 0) is 48.6 Å². The van der Waals surface area contributed by atoms with E-state index < -0.39 is 12.1 Å². The molecular formula is C21H26N4O5. The van der Waals surface area contributed by atoms with Crippen molar-refractivity contribution in [3.63, 3.8) is 0 Å². The molecule has 0 atom stereocenters. The molecule has 0 aliphatic heterocycles. The van der Waals surface area contributed by atoms with Crippen LogP contribution in [0.2, 0.25) is 0 Å². The van der Waals surface area contributed by atoms with Crippen molar-refractivity contribution in [2.24, 2.45) is 5.16 Å². The lowest BCUT2D eigenvalue weighted by molar-refractivity contribution is -0.137. The molecule has 0 saturated heterocycles.